The highest BCUT2D eigenvalue weighted by atomic mass is 19.1. The number of esters is 1. The topological polar surface area (TPSA) is 78.1 Å². The van der Waals surface area contributed by atoms with Gasteiger partial charge in [-0.15, -0.1) is 0 Å². The highest BCUT2D eigenvalue weighted by molar-refractivity contribution is 5.94. The van der Waals surface area contributed by atoms with E-state index in [0.29, 0.717) is 16.9 Å². The molecule has 0 fully saturated rings. The second kappa shape index (κ2) is 7.37. The maximum Gasteiger partial charge on any atom is 0.354 e. The zero-order chi connectivity index (χ0) is 18.7. The molecule has 0 spiro atoms. The number of rotatable bonds is 2. The van der Waals surface area contributed by atoms with Gasteiger partial charge in [-0.2, -0.15) is 0 Å². The zero-order valence-corrected chi connectivity index (χ0v) is 13.8. The van der Waals surface area contributed by atoms with E-state index in [1.165, 1.54) is 31.4 Å². The summed E-state index contributed by atoms with van der Waals surface area (Å²) >= 11 is 0. The van der Waals surface area contributed by atoms with Crippen LogP contribution in [-0.2, 0) is 11.3 Å². The fourth-order valence-corrected chi connectivity index (χ4v) is 2.56. The molecule has 5 nitrogen and oxygen atoms in total. The summed E-state index contributed by atoms with van der Waals surface area (Å²) in [5, 5.41) is 10.5. The number of ether oxygens (including phenoxy) is 1. The van der Waals surface area contributed by atoms with Crippen LogP contribution in [0.1, 0.15) is 16.2 Å². The summed E-state index contributed by atoms with van der Waals surface area (Å²) < 4.78 is 30.0. The molecular formula is C19H16F2N2O3. The maximum absolute atomic E-state index is 12.8. The average Bonchev–Trinajstić information content (AvgIpc) is 3.24. The lowest BCUT2D eigenvalue weighted by Crippen LogP contribution is -2.00. The van der Waals surface area contributed by atoms with Gasteiger partial charge in [0.15, 0.2) is 0 Å². The van der Waals surface area contributed by atoms with Gasteiger partial charge < -0.3 is 19.8 Å². The van der Waals surface area contributed by atoms with Gasteiger partial charge in [0, 0.05) is 22.1 Å². The summed E-state index contributed by atoms with van der Waals surface area (Å²) in [4.78, 5) is 16.8. The quantitative estimate of drug-likeness (QED) is 0.476. The molecule has 26 heavy (non-hydrogen) atoms. The summed E-state index contributed by atoms with van der Waals surface area (Å²) in [6.07, 6.45) is 0. The number of aliphatic hydroxyl groups is 1. The monoisotopic (exact) mass is 358 g/mol. The van der Waals surface area contributed by atoms with Crippen LogP contribution in [0.3, 0.4) is 0 Å². The maximum atomic E-state index is 12.8. The molecule has 0 saturated carbocycles. The van der Waals surface area contributed by atoms with Gasteiger partial charge >= 0.3 is 5.97 Å². The van der Waals surface area contributed by atoms with Crippen LogP contribution in [0, 0.1) is 11.6 Å². The van der Waals surface area contributed by atoms with Gasteiger partial charge in [0.05, 0.1) is 13.7 Å². The van der Waals surface area contributed by atoms with Gasteiger partial charge in [-0.25, -0.2) is 13.6 Å². The molecule has 7 heteroatoms. The Balaban J connectivity index is 0.000000152. The number of aliphatic hydroxyl groups excluding tert-OH is 1. The Kier molecular flexibility index (Phi) is 4.99. The summed E-state index contributed by atoms with van der Waals surface area (Å²) in [5.74, 6) is -1.06. The van der Waals surface area contributed by atoms with Crippen molar-refractivity contribution in [2.45, 2.75) is 6.61 Å². The number of nitrogens with one attached hydrogen (secondary N) is 2. The van der Waals surface area contributed by atoms with E-state index in [4.69, 9.17) is 5.11 Å². The number of carbonyl (C=O) groups excluding carboxylic acids is 1. The average molecular weight is 358 g/mol. The molecular weight excluding hydrogens is 342 g/mol. The summed E-state index contributed by atoms with van der Waals surface area (Å²) in [7, 11) is 1.30. The fourth-order valence-electron chi connectivity index (χ4n) is 2.56. The lowest BCUT2D eigenvalue weighted by Gasteiger charge is -1.92. The third kappa shape index (κ3) is 3.73. The first-order chi connectivity index (χ1) is 12.5. The highest BCUT2D eigenvalue weighted by Crippen LogP contribution is 2.17. The van der Waals surface area contributed by atoms with Crippen molar-refractivity contribution in [2.24, 2.45) is 0 Å². The predicted octanol–water partition coefficient (Wildman–Crippen LogP) is 3.89. The summed E-state index contributed by atoms with van der Waals surface area (Å²) in [6, 6.07) is 12.2. The van der Waals surface area contributed by atoms with E-state index in [1.807, 2.05) is 0 Å². The van der Waals surface area contributed by atoms with Gasteiger partial charge in [-0.3, -0.25) is 0 Å². The number of fused-ring (bicyclic) bond motifs is 2. The Morgan fingerprint density at radius 3 is 2.12 bits per heavy atom. The van der Waals surface area contributed by atoms with E-state index in [9.17, 15) is 13.6 Å². The number of H-pyrrole nitrogens is 2. The van der Waals surface area contributed by atoms with Gasteiger partial charge in [0.1, 0.15) is 17.3 Å². The number of halogens is 2. The normalized spacial score (nSPS) is 10.6. The molecule has 2 heterocycles. The first kappa shape index (κ1) is 17.6. The molecule has 4 aromatic rings. The van der Waals surface area contributed by atoms with Crippen molar-refractivity contribution in [2.75, 3.05) is 7.11 Å². The molecule has 0 aliphatic heterocycles. The van der Waals surface area contributed by atoms with Crippen molar-refractivity contribution in [3.8, 4) is 0 Å². The van der Waals surface area contributed by atoms with Crippen molar-refractivity contribution in [3.05, 3.63) is 71.6 Å². The van der Waals surface area contributed by atoms with Gasteiger partial charge in [0.25, 0.3) is 0 Å². The first-order valence-corrected chi connectivity index (χ1v) is 7.75. The number of aromatic amines is 2. The lowest BCUT2D eigenvalue weighted by molar-refractivity contribution is 0.0595. The number of hydrogen-bond donors (Lipinski definition) is 3. The van der Waals surface area contributed by atoms with E-state index >= 15 is 0 Å². The number of benzene rings is 2. The zero-order valence-electron chi connectivity index (χ0n) is 13.8. The minimum Gasteiger partial charge on any atom is -0.464 e. The minimum atomic E-state index is -0.457. The number of aromatic nitrogens is 2. The van der Waals surface area contributed by atoms with Crippen LogP contribution in [-0.4, -0.2) is 28.2 Å². The molecule has 134 valence electrons. The molecule has 0 amide bonds. The Labute approximate surface area is 147 Å². The molecule has 0 radical (unpaired) electrons. The molecule has 0 aliphatic carbocycles. The van der Waals surface area contributed by atoms with Crippen molar-refractivity contribution in [3.63, 3.8) is 0 Å². The van der Waals surface area contributed by atoms with E-state index in [-0.39, 0.29) is 18.2 Å². The van der Waals surface area contributed by atoms with Crippen molar-refractivity contribution >= 4 is 27.8 Å². The standard InChI is InChI=1S/C10H8FNO2.C9H8FNO/c1-14-10(13)9-4-6-2-3-7(11)5-8(6)12-9;10-7-2-1-6-3-8(5-12)11-9(6)4-7/h2-5,12H,1H3;1-4,11-12H,5H2. The van der Waals surface area contributed by atoms with Crippen molar-refractivity contribution in [1.82, 2.24) is 9.97 Å². The van der Waals surface area contributed by atoms with Crippen LogP contribution < -0.4 is 0 Å². The molecule has 3 N–H and O–H groups in total. The molecule has 0 saturated heterocycles. The van der Waals surface area contributed by atoms with E-state index in [2.05, 4.69) is 14.7 Å². The Hall–Kier alpha value is -3.19. The fraction of sp³-hybridized carbons (Fsp3) is 0.105. The molecule has 4 rings (SSSR count). The highest BCUT2D eigenvalue weighted by Gasteiger charge is 2.09. The molecule has 0 aliphatic rings. The largest absolute Gasteiger partial charge is 0.464 e. The number of hydrogen-bond acceptors (Lipinski definition) is 3. The minimum absolute atomic E-state index is 0.0453. The SMILES string of the molecule is COC(=O)c1cc2ccc(F)cc2[nH]1.OCc1cc2ccc(F)cc2[nH]1. The number of carbonyl (C=O) groups is 1. The van der Waals surface area contributed by atoms with E-state index in [1.54, 1.807) is 24.3 Å². The molecule has 0 unspecified atom stereocenters. The van der Waals surface area contributed by atoms with Gasteiger partial charge in [0.2, 0.25) is 0 Å². The second-order valence-electron chi connectivity index (χ2n) is 5.59. The van der Waals surface area contributed by atoms with Crippen molar-refractivity contribution < 1.29 is 23.4 Å². The van der Waals surface area contributed by atoms with Crippen LogP contribution in [0.4, 0.5) is 8.78 Å². The van der Waals surface area contributed by atoms with Crippen LogP contribution in [0.15, 0.2) is 48.5 Å². The van der Waals surface area contributed by atoms with E-state index < -0.39 is 5.97 Å². The van der Waals surface area contributed by atoms with Gasteiger partial charge in [-0.05, 0) is 53.9 Å². The summed E-state index contributed by atoms with van der Waals surface area (Å²) in [6.45, 7) is -0.0453. The van der Waals surface area contributed by atoms with Crippen LogP contribution in [0.2, 0.25) is 0 Å². The molecule has 2 aromatic carbocycles. The van der Waals surface area contributed by atoms with Crippen molar-refractivity contribution in [1.29, 1.82) is 0 Å². The summed E-state index contributed by atoms with van der Waals surface area (Å²) in [5.41, 5.74) is 2.34. The van der Waals surface area contributed by atoms with Crippen LogP contribution in [0.25, 0.3) is 21.8 Å². The van der Waals surface area contributed by atoms with Crippen LogP contribution in [0.5, 0.6) is 0 Å². The Morgan fingerprint density at radius 2 is 1.54 bits per heavy atom. The molecule has 0 bridgehead atoms. The van der Waals surface area contributed by atoms with E-state index in [0.717, 1.165) is 16.3 Å². The van der Waals surface area contributed by atoms with Crippen LogP contribution >= 0.6 is 0 Å². The smallest absolute Gasteiger partial charge is 0.354 e. The lowest BCUT2D eigenvalue weighted by atomic mass is 10.2. The third-order valence-corrected chi connectivity index (χ3v) is 3.80. The Morgan fingerprint density at radius 1 is 0.962 bits per heavy atom. The Bertz CT molecular complexity index is 1070. The molecule has 2 aromatic heterocycles. The second-order valence-corrected chi connectivity index (χ2v) is 5.59. The molecule has 0 atom stereocenters. The predicted molar refractivity (Wildman–Crippen MR) is 93.8 cm³/mol. The third-order valence-electron chi connectivity index (χ3n) is 3.80. The van der Waals surface area contributed by atoms with Gasteiger partial charge in [-0.1, -0.05) is 0 Å². The number of methoxy groups -OCH3 is 1. The first-order valence-electron chi connectivity index (χ1n) is 7.75.